The standard InChI is InChI=1S/C24H23N5O3/c25-23-22-21(12-13-26-23)28(18-5-4-14-27(15-18)16-30)24(31)29(22)17-8-10-20(11-9-17)32-19-6-2-1-3-7-19/h1-3,6-13,16,18H,4-5,14-15H2,(H2,25,26). The summed E-state index contributed by atoms with van der Waals surface area (Å²) in [5.41, 5.74) is 7.96. The van der Waals surface area contributed by atoms with Crippen molar-refractivity contribution in [3.05, 3.63) is 77.3 Å². The van der Waals surface area contributed by atoms with Gasteiger partial charge in [0.15, 0.2) is 0 Å². The Morgan fingerprint density at radius 1 is 1.03 bits per heavy atom. The first-order valence-corrected chi connectivity index (χ1v) is 10.6. The molecule has 0 bridgehead atoms. The Bertz CT molecular complexity index is 1310. The lowest BCUT2D eigenvalue weighted by atomic mass is 10.1. The molecule has 8 nitrogen and oxygen atoms in total. The molecular formula is C24H23N5O3. The van der Waals surface area contributed by atoms with E-state index in [1.165, 1.54) is 0 Å². The smallest absolute Gasteiger partial charge is 0.334 e. The number of likely N-dealkylation sites (tertiary alicyclic amines) is 1. The van der Waals surface area contributed by atoms with Crippen molar-refractivity contribution >= 4 is 23.3 Å². The predicted octanol–water partition coefficient (Wildman–Crippen LogP) is 3.36. The summed E-state index contributed by atoms with van der Waals surface area (Å²) in [5, 5.41) is 0. The molecule has 5 rings (SSSR count). The Balaban J connectivity index is 1.58. The quantitative estimate of drug-likeness (QED) is 0.491. The third-order valence-corrected chi connectivity index (χ3v) is 5.83. The topological polar surface area (TPSA) is 95.4 Å². The molecule has 2 N–H and O–H groups in total. The van der Waals surface area contributed by atoms with E-state index in [9.17, 15) is 9.59 Å². The molecule has 1 fully saturated rings. The monoisotopic (exact) mass is 429 g/mol. The van der Waals surface area contributed by atoms with Gasteiger partial charge in [-0.2, -0.15) is 0 Å². The summed E-state index contributed by atoms with van der Waals surface area (Å²) in [6.07, 6.45) is 4.11. The summed E-state index contributed by atoms with van der Waals surface area (Å²) >= 11 is 0. The number of pyridine rings is 1. The van der Waals surface area contributed by atoms with Gasteiger partial charge < -0.3 is 15.4 Å². The number of hydrogen-bond acceptors (Lipinski definition) is 5. The average Bonchev–Trinajstić information content (AvgIpc) is 3.13. The predicted molar refractivity (Wildman–Crippen MR) is 122 cm³/mol. The van der Waals surface area contributed by atoms with Crippen molar-refractivity contribution in [2.75, 3.05) is 18.8 Å². The number of fused-ring (bicyclic) bond motifs is 1. The van der Waals surface area contributed by atoms with E-state index in [4.69, 9.17) is 10.5 Å². The number of aromatic nitrogens is 3. The molecule has 3 heterocycles. The highest BCUT2D eigenvalue weighted by molar-refractivity contribution is 5.87. The summed E-state index contributed by atoms with van der Waals surface area (Å²) in [4.78, 5) is 30.9. The number of ether oxygens (including phenoxy) is 1. The van der Waals surface area contributed by atoms with Crippen LogP contribution in [0.1, 0.15) is 18.9 Å². The van der Waals surface area contributed by atoms with Crippen LogP contribution in [0.3, 0.4) is 0 Å². The van der Waals surface area contributed by atoms with Gasteiger partial charge in [-0.25, -0.2) is 9.78 Å². The van der Waals surface area contributed by atoms with Gasteiger partial charge in [-0.1, -0.05) is 18.2 Å². The Morgan fingerprint density at radius 3 is 2.53 bits per heavy atom. The lowest BCUT2D eigenvalue weighted by molar-refractivity contribution is -0.119. The van der Waals surface area contributed by atoms with Gasteiger partial charge >= 0.3 is 5.69 Å². The highest BCUT2D eigenvalue weighted by Gasteiger charge is 2.26. The van der Waals surface area contributed by atoms with Crippen LogP contribution < -0.4 is 16.2 Å². The second-order valence-corrected chi connectivity index (χ2v) is 7.86. The van der Waals surface area contributed by atoms with Gasteiger partial charge in [0.05, 0.1) is 17.2 Å². The first-order chi connectivity index (χ1) is 15.7. The molecule has 32 heavy (non-hydrogen) atoms. The van der Waals surface area contributed by atoms with Crippen LogP contribution in [0.2, 0.25) is 0 Å². The van der Waals surface area contributed by atoms with Gasteiger partial charge in [-0.3, -0.25) is 13.9 Å². The second kappa shape index (κ2) is 8.22. The van der Waals surface area contributed by atoms with Crippen LogP contribution in [-0.4, -0.2) is 38.5 Å². The molecule has 0 spiro atoms. The maximum atomic E-state index is 13.6. The number of para-hydroxylation sites is 1. The fraction of sp³-hybridized carbons (Fsp3) is 0.208. The van der Waals surface area contributed by atoms with Crippen LogP contribution >= 0.6 is 0 Å². The molecule has 0 saturated carbocycles. The Morgan fingerprint density at radius 2 is 1.78 bits per heavy atom. The summed E-state index contributed by atoms with van der Waals surface area (Å²) in [6, 6.07) is 18.5. The van der Waals surface area contributed by atoms with Crippen LogP contribution in [0.15, 0.2) is 71.7 Å². The molecule has 1 amide bonds. The summed E-state index contributed by atoms with van der Waals surface area (Å²) < 4.78 is 9.20. The first kappa shape index (κ1) is 19.9. The van der Waals surface area contributed by atoms with Gasteiger partial charge in [-0.05, 0) is 55.3 Å². The minimum Gasteiger partial charge on any atom is -0.457 e. The van der Waals surface area contributed by atoms with Crippen molar-refractivity contribution in [3.63, 3.8) is 0 Å². The number of nitrogen functional groups attached to an aromatic ring is 1. The number of piperidine rings is 1. The van der Waals surface area contributed by atoms with Gasteiger partial charge in [0, 0.05) is 19.3 Å². The van der Waals surface area contributed by atoms with Crippen LogP contribution in [-0.2, 0) is 4.79 Å². The van der Waals surface area contributed by atoms with Crippen molar-refractivity contribution in [3.8, 4) is 17.2 Å². The number of rotatable bonds is 5. The van der Waals surface area contributed by atoms with E-state index < -0.39 is 0 Å². The second-order valence-electron chi connectivity index (χ2n) is 7.86. The molecule has 1 unspecified atom stereocenters. The fourth-order valence-electron chi connectivity index (χ4n) is 4.36. The third kappa shape index (κ3) is 3.49. The molecule has 1 aliphatic heterocycles. The molecule has 0 aliphatic carbocycles. The molecular weight excluding hydrogens is 406 g/mol. The van der Waals surface area contributed by atoms with E-state index in [-0.39, 0.29) is 17.5 Å². The van der Waals surface area contributed by atoms with E-state index in [0.717, 1.165) is 25.0 Å². The van der Waals surface area contributed by atoms with Crippen molar-refractivity contribution in [2.24, 2.45) is 0 Å². The van der Waals surface area contributed by atoms with Crippen molar-refractivity contribution in [1.29, 1.82) is 0 Å². The molecule has 2 aromatic carbocycles. The Kier molecular flexibility index (Phi) is 5.10. The van der Waals surface area contributed by atoms with E-state index in [1.807, 2.05) is 54.6 Å². The van der Waals surface area contributed by atoms with Crippen molar-refractivity contribution < 1.29 is 9.53 Å². The SMILES string of the molecule is Nc1nccc2c1n(-c1ccc(Oc3ccccc3)cc1)c(=O)n2C1CCCN(C=O)C1. The van der Waals surface area contributed by atoms with Crippen LogP contribution in [0.5, 0.6) is 11.5 Å². The highest BCUT2D eigenvalue weighted by Crippen LogP contribution is 2.29. The number of imidazole rings is 1. The number of hydrogen-bond donors (Lipinski definition) is 1. The molecule has 1 saturated heterocycles. The molecule has 1 aliphatic rings. The average molecular weight is 429 g/mol. The largest absolute Gasteiger partial charge is 0.457 e. The van der Waals surface area contributed by atoms with Crippen molar-refractivity contribution in [2.45, 2.75) is 18.9 Å². The molecule has 1 atom stereocenters. The van der Waals surface area contributed by atoms with Crippen molar-refractivity contribution in [1.82, 2.24) is 19.0 Å². The summed E-state index contributed by atoms with van der Waals surface area (Å²) in [7, 11) is 0. The molecule has 2 aromatic heterocycles. The maximum absolute atomic E-state index is 13.6. The number of anilines is 1. The normalized spacial score (nSPS) is 16.2. The minimum atomic E-state index is -0.200. The van der Waals surface area contributed by atoms with E-state index in [1.54, 1.807) is 26.3 Å². The number of carbonyl (C=O) groups is 1. The van der Waals surface area contributed by atoms with Gasteiger partial charge in [-0.15, -0.1) is 0 Å². The zero-order chi connectivity index (χ0) is 22.1. The van der Waals surface area contributed by atoms with E-state index in [2.05, 4.69) is 4.98 Å². The van der Waals surface area contributed by atoms with Crippen LogP contribution in [0, 0.1) is 0 Å². The van der Waals surface area contributed by atoms with E-state index in [0.29, 0.717) is 35.6 Å². The van der Waals surface area contributed by atoms with Gasteiger partial charge in [0.2, 0.25) is 6.41 Å². The molecule has 162 valence electrons. The minimum absolute atomic E-state index is 0.118. The van der Waals surface area contributed by atoms with E-state index >= 15 is 0 Å². The van der Waals surface area contributed by atoms with Crippen LogP contribution in [0.4, 0.5) is 5.82 Å². The molecule has 0 radical (unpaired) electrons. The lowest BCUT2D eigenvalue weighted by Crippen LogP contribution is -2.39. The summed E-state index contributed by atoms with van der Waals surface area (Å²) in [5.74, 6) is 1.68. The highest BCUT2D eigenvalue weighted by atomic mass is 16.5. The maximum Gasteiger partial charge on any atom is 0.334 e. The third-order valence-electron chi connectivity index (χ3n) is 5.83. The zero-order valence-corrected chi connectivity index (χ0v) is 17.4. The number of nitrogens with two attached hydrogens (primary N) is 1. The number of benzene rings is 2. The van der Waals surface area contributed by atoms with Gasteiger partial charge in [0.1, 0.15) is 22.8 Å². The first-order valence-electron chi connectivity index (χ1n) is 10.6. The number of nitrogens with zero attached hydrogens (tertiary/aromatic N) is 4. The number of carbonyl (C=O) groups excluding carboxylic acids is 1. The molecule has 8 heteroatoms. The Labute approximate surface area is 184 Å². The zero-order valence-electron chi connectivity index (χ0n) is 17.4. The number of amides is 1. The lowest BCUT2D eigenvalue weighted by Gasteiger charge is -2.30. The van der Waals surface area contributed by atoms with Gasteiger partial charge in [0.25, 0.3) is 0 Å². The Hall–Kier alpha value is -4.07. The summed E-state index contributed by atoms with van der Waals surface area (Å²) in [6.45, 7) is 1.20. The molecule has 4 aromatic rings. The van der Waals surface area contributed by atoms with Crippen LogP contribution in [0.25, 0.3) is 16.7 Å². The fourth-order valence-corrected chi connectivity index (χ4v) is 4.36.